The predicted molar refractivity (Wildman–Crippen MR) is 87.3 cm³/mol. The fraction of sp³-hybridized carbons (Fsp3) is 0.500. The molecule has 0 bridgehead atoms. The first-order valence-electron chi connectivity index (χ1n) is 7.83. The summed E-state index contributed by atoms with van der Waals surface area (Å²) in [4.78, 5) is 21.9. The number of nitrogens with zero attached hydrogens (tertiary/aromatic N) is 6. The summed E-state index contributed by atoms with van der Waals surface area (Å²) in [5.74, 6) is 1.30. The van der Waals surface area contributed by atoms with E-state index in [2.05, 4.69) is 29.7 Å². The van der Waals surface area contributed by atoms with Crippen molar-refractivity contribution in [2.45, 2.75) is 25.4 Å². The summed E-state index contributed by atoms with van der Waals surface area (Å²) in [7, 11) is 3.67. The summed E-state index contributed by atoms with van der Waals surface area (Å²) in [6.45, 7) is 2.88. The van der Waals surface area contributed by atoms with E-state index < -0.39 is 0 Å². The second-order valence-corrected chi connectivity index (χ2v) is 5.74. The van der Waals surface area contributed by atoms with Crippen molar-refractivity contribution in [3.05, 3.63) is 36.5 Å². The molecule has 3 heterocycles. The molecule has 0 aliphatic carbocycles. The van der Waals surface area contributed by atoms with Crippen LogP contribution in [0.1, 0.15) is 18.5 Å². The normalized spacial score (nSPS) is 18.6. The van der Waals surface area contributed by atoms with Crippen molar-refractivity contribution in [3.8, 4) is 5.88 Å². The van der Waals surface area contributed by atoms with Gasteiger partial charge in [0.15, 0.2) is 0 Å². The quantitative estimate of drug-likeness (QED) is 0.826. The minimum atomic E-state index is 0.382. The van der Waals surface area contributed by atoms with Crippen molar-refractivity contribution in [1.82, 2.24) is 24.8 Å². The summed E-state index contributed by atoms with van der Waals surface area (Å²) in [5, 5.41) is 0. The molecule has 1 aliphatic rings. The Balaban J connectivity index is 1.65. The zero-order valence-electron chi connectivity index (χ0n) is 13.6. The van der Waals surface area contributed by atoms with Crippen molar-refractivity contribution in [3.63, 3.8) is 0 Å². The summed E-state index contributed by atoms with van der Waals surface area (Å²) < 4.78 is 5.19. The number of likely N-dealkylation sites (N-methyl/N-ethyl adjacent to an activating group) is 1. The fourth-order valence-electron chi connectivity index (χ4n) is 2.91. The molecule has 2 aromatic heterocycles. The number of piperidine rings is 1. The molecule has 1 fully saturated rings. The lowest BCUT2D eigenvalue weighted by atomic mass is 10.0. The van der Waals surface area contributed by atoms with E-state index in [4.69, 9.17) is 4.74 Å². The molecule has 1 saturated heterocycles. The number of aromatic nitrogens is 4. The average molecular weight is 314 g/mol. The Labute approximate surface area is 136 Å². The molecule has 0 radical (unpaired) electrons. The van der Waals surface area contributed by atoms with Crippen molar-refractivity contribution in [1.29, 1.82) is 0 Å². The first kappa shape index (κ1) is 15.6. The van der Waals surface area contributed by atoms with Gasteiger partial charge in [-0.15, -0.1) is 0 Å². The average Bonchev–Trinajstić information content (AvgIpc) is 2.62. The Morgan fingerprint density at radius 1 is 1.30 bits per heavy atom. The van der Waals surface area contributed by atoms with E-state index >= 15 is 0 Å². The predicted octanol–water partition coefficient (Wildman–Crippen LogP) is 1.38. The SMILES string of the molecule is COc1ccnc(N(C)C2CCCN(Cc3cnccn3)C2)n1. The number of ether oxygens (including phenoxy) is 1. The van der Waals surface area contributed by atoms with Gasteiger partial charge in [0, 0.05) is 57.0 Å². The van der Waals surface area contributed by atoms with E-state index in [9.17, 15) is 0 Å². The van der Waals surface area contributed by atoms with E-state index in [1.54, 1.807) is 31.8 Å². The maximum atomic E-state index is 5.19. The van der Waals surface area contributed by atoms with Crippen LogP contribution in [0.2, 0.25) is 0 Å². The molecule has 0 saturated carbocycles. The Bertz CT molecular complexity index is 623. The fourth-order valence-corrected chi connectivity index (χ4v) is 2.91. The van der Waals surface area contributed by atoms with E-state index in [1.165, 1.54) is 0 Å². The highest BCUT2D eigenvalue weighted by Gasteiger charge is 2.25. The van der Waals surface area contributed by atoms with Gasteiger partial charge in [0.2, 0.25) is 11.8 Å². The maximum absolute atomic E-state index is 5.19. The molecule has 1 unspecified atom stereocenters. The van der Waals surface area contributed by atoms with Crippen LogP contribution in [0, 0.1) is 0 Å². The Kier molecular flexibility index (Phi) is 4.97. The van der Waals surface area contributed by atoms with Crippen LogP contribution in [0.5, 0.6) is 5.88 Å². The molecular formula is C16H22N6O. The smallest absolute Gasteiger partial charge is 0.228 e. The van der Waals surface area contributed by atoms with Gasteiger partial charge in [0.25, 0.3) is 0 Å². The molecule has 1 aliphatic heterocycles. The molecule has 122 valence electrons. The van der Waals surface area contributed by atoms with Crippen molar-refractivity contribution < 1.29 is 4.74 Å². The Morgan fingerprint density at radius 3 is 3.00 bits per heavy atom. The molecule has 3 rings (SSSR count). The Hall–Kier alpha value is -2.28. The van der Waals surface area contributed by atoms with Gasteiger partial charge < -0.3 is 9.64 Å². The van der Waals surface area contributed by atoms with Crippen molar-refractivity contribution >= 4 is 5.95 Å². The molecule has 0 aromatic carbocycles. The van der Waals surface area contributed by atoms with Crippen LogP contribution in [-0.2, 0) is 6.54 Å². The van der Waals surface area contributed by atoms with Gasteiger partial charge in [-0.1, -0.05) is 0 Å². The van der Waals surface area contributed by atoms with Gasteiger partial charge in [0.05, 0.1) is 12.8 Å². The zero-order valence-corrected chi connectivity index (χ0v) is 13.6. The van der Waals surface area contributed by atoms with E-state index in [0.29, 0.717) is 17.9 Å². The molecule has 0 amide bonds. The summed E-state index contributed by atoms with van der Waals surface area (Å²) >= 11 is 0. The second kappa shape index (κ2) is 7.32. The Morgan fingerprint density at radius 2 is 2.22 bits per heavy atom. The number of hydrogen-bond donors (Lipinski definition) is 0. The van der Waals surface area contributed by atoms with Gasteiger partial charge in [-0.25, -0.2) is 4.98 Å². The summed E-state index contributed by atoms with van der Waals surface area (Å²) in [6, 6.07) is 2.14. The minimum Gasteiger partial charge on any atom is -0.481 e. The lowest BCUT2D eigenvalue weighted by molar-refractivity contribution is 0.196. The van der Waals surface area contributed by atoms with Crippen LogP contribution in [0.15, 0.2) is 30.9 Å². The number of likely N-dealkylation sites (tertiary alicyclic amines) is 1. The lowest BCUT2D eigenvalue weighted by Crippen LogP contribution is -2.46. The topological polar surface area (TPSA) is 67.3 Å². The van der Waals surface area contributed by atoms with E-state index in [1.807, 2.05) is 13.2 Å². The number of hydrogen-bond acceptors (Lipinski definition) is 7. The summed E-state index contributed by atoms with van der Waals surface area (Å²) in [6.07, 6.45) is 9.30. The number of rotatable bonds is 5. The third-order valence-corrected chi connectivity index (χ3v) is 4.17. The molecule has 2 aromatic rings. The van der Waals surface area contributed by atoms with Crippen molar-refractivity contribution in [2.75, 3.05) is 32.1 Å². The van der Waals surface area contributed by atoms with E-state index in [-0.39, 0.29) is 0 Å². The van der Waals surface area contributed by atoms with Gasteiger partial charge in [-0.3, -0.25) is 14.9 Å². The third-order valence-electron chi connectivity index (χ3n) is 4.17. The number of anilines is 1. The monoisotopic (exact) mass is 314 g/mol. The maximum Gasteiger partial charge on any atom is 0.228 e. The van der Waals surface area contributed by atoms with Crippen LogP contribution in [0.3, 0.4) is 0 Å². The van der Waals surface area contributed by atoms with Gasteiger partial charge in [-0.05, 0) is 19.4 Å². The highest BCUT2D eigenvalue weighted by atomic mass is 16.5. The van der Waals surface area contributed by atoms with Crippen LogP contribution >= 0.6 is 0 Å². The van der Waals surface area contributed by atoms with Crippen LogP contribution in [0.4, 0.5) is 5.95 Å². The van der Waals surface area contributed by atoms with Crippen LogP contribution in [0.25, 0.3) is 0 Å². The highest BCUT2D eigenvalue weighted by Crippen LogP contribution is 2.20. The lowest BCUT2D eigenvalue weighted by Gasteiger charge is -2.37. The first-order valence-corrected chi connectivity index (χ1v) is 7.83. The standard InChI is InChI=1S/C16H22N6O/c1-21(16-19-6-5-15(20-16)23-2)14-4-3-9-22(12-14)11-13-10-17-7-8-18-13/h5-8,10,14H,3-4,9,11-12H2,1-2H3. The van der Waals surface area contributed by atoms with Crippen molar-refractivity contribution in [2.24, 2.45) is 0 Å². The molecule has 7 heteroatoms. The first-order chi connectivity index (χ1) is 11.3. The van der Waals surface area contributed by atoms with Gasteiger partial charge in [-0.2, -0.15) is 4.98 Å². The molecule has 0 N–H and O–H groups in total. The molecule has 1 atom stereocenters. The molecule has 7 nitrogen and oxygen atoms in total. The second-order valence-electron chi connectivity index (χ2n) is 5.74. The number of methoxy groups -OCH3 is 1. The minimum absolute atomic E-state index is 0.382. The van der Waals surface area contributed by atoms with Gasteiger partial charge in [0.1, 0.15) is 0 Å². The summed E-state index contributed by atoms with van der Waals surface area (Å²) in [5.41, 5.74) is 1.01. The molecule has 23 heavy (non-hydrogen) atoms. The van der Waals surface area contributed by atoms with Crippen LogP contribution in [-0.4, -0.2) is 58.1 Å². The van der Waals surface area contributed by atoms with E-state index in [0.717, 1.165) is 38.2 Å². The van der Waals surface area contributed by atoms with Crippen LogP contribution < -0.4 is 9.64 Å². The molecular weight excluding hydrogens is 292 g/mol. The zero-order chi connectivity index (χ0) is 16.1. The van der Waals surface area contributed by atoms with Gasteiger partial charge >= 0.3 is 0 Å². The molecule has 0 spiro atoms. The largest absolute Gasteiger partial charge is 0.481 e. The third kappa shape index (κ3) is 3.92. The highest BCUT2D eigenvalue weighted by molar-refractivity contribution is 5.32.